The van der Waals surface area contributed by atoms with Crippen molar-refractivity contribution in [3.05, 3.63) is 47.0 Å². The van der Waals surface area contributed by atoms with Gasteiger partial charge in [0.1, 0.15) is 5.82 Å². The fraction of sp³-hybridized carbons (Fsp3) is 0.550. The molecule has 4 rings (SSSR count). The molecule has 0 amide bonds. The fourth-order valence-corrected chi connectivity index (χ4v) is 4.19. The number of aryl methyl sites for hydroxylation is 2. The zero-order valence-corrected chi connectivity index (χ0v) is 15.2. The van der Waals surface area contributed by atoms with Crippen LogP contribution in [0.15, 0.2) is 24.3 Å². The Kier molecular flexibility index (Phi) is 4.61. The molecule has 0 spiro atoms. The predicted octanol–water partition coefficient (Wildman–Crippen LogP) is 3.30. The summed E-state index contributed by atoms with van der Waals surface area (Å²) in [7, 11) is 0. The summed E-state index contributed by atoms with van der Waals surface area (Å²) >= 11 is 0. The van der Waals surface area contributed by atoms with Crippen molar-refractivity contribution >= 4 is 0 Å². The van der Waals surface area contributed by atoms with E-state index >= 15 is 0 Å². The van der Waals surface area contributed by atoms with Crippen LogP contribution in [0.4, 0.5) is 4.39 Å². The molecule has 2 saturated heterocycles. The molecule has 0 bridgehead atoms. The molecule has 0 aliphatic carbocycles. The van der Waals surface area contributed by atoms with Gasteiger partial charge in [-0.15, -0.1) is 0 Å². The van der Waals surface area contributed by atoms with E-state index in [9.17, 15) is 4.39 Å². The molecule has 0 unspecified atom stereocenters. The van der Waals surface area contributed by atoms with E-state index in [2.05, 4.69) is 21.0 Å². The topological polar surface area (TPSA) is 24.3 Å². The molecule has 0 N–H and O–H groups in total. The van der Waals surface area contributed by atoms with Crippen molar-refractivity contribution in [3.8, 4) is 5.69 Å². The van der Waals surface area contributed by atoms with Crippen molar-refractivity contribution in [1.29, 1.82) is 0 Å². The van der Waals surface area contributed by atoms with Gasteiger partial charge in [0.25, 0.3) is 0 Å². The average molecular weight is 342 g/mol. The van der Waals surface area contributed by atoms with Crippen LogP contribution in [0.25, 0.3) is 5.69 Å². The maximum atomic E-state index is 13.9. The molecular weight excluding hydrogens is 315 g/mol. The minimum Gasteiger partial charge on any atom is -0.298 e. The number of hydrogen-bond donors (Lipinski definition) is 0. The minimum atomic E-state index is -0.173. The molecule has 4 nitrogen and oxygen atoms in total. The summed E-state index contributed by atoms with van der Waals surface area (Å²) in [4.78, 5) is 5.05. The van der Waals surface area contributed by atoms with E-state index in [4.69, 9.17) is 0 Å². The lowest BCUT2D eigenvalue weighted by Gasteiger charge is -2.47. The van der Waals surface area contributed by atoms with Crippen LogP contribution in [0.3, 0.4) is 0 Å². The number of rotatable bonds is 4. The Labute approximate surface area is 149 Å². The van der Waals surface area contributed by atoms with E-state index in [0.29, 0.717) is 6.04 Å². The van der Waals surface area contributed by atoms with Crippen LogP contribution >= 0.6 is 0 Å². The van der Waals surface area contributed by atoms with Crippen molar-refractivity contribution in [2.75, 3.05) is 26.2 Å². The zero-order chi connectivity index (χ0) is 17.4. The largest absolute Gasteiger partial charge is 0.298 e. The van der Waals surface area contributed by atoms with Gasteiger partial charge in [-0.25, -0.2) is 9.07 Å². The Hall–Kier alpha value is -1.72. The van der Waals surface area contributed by atoms with Gasteiger partial charge >= 0.3 is 0 Å². The van der Waals surface area contributed by atoms with Crippen molar-refractivity contribution in [1.82, 2.24) is 19.6 Å². The van der Waals surface area contributed by atoms with E-state index < -0.39 is 0 Å². The standard InChI is InChI=1S/C20H27FN4/c1-15-10-16(2)25(22-15)20-7-6-18(21)11-17(20)12-23-13-19(14-23)24-8-4-3-5-9-24/h6-7,10-11,19H,3-5,8-9,12-14H2,1-2H3. The maximum absolute atomic E-state index is 13.9. The Balaban J connectivity index is 1.48. The van der Waals surface area contributed by atoms with E-state index in [1.807, 2.05) is 24.6 Å². The van der Waals surface area contributed by atoms with Crippen molar-refractivity contribution in [2.24, 2.45) is 0 Å². The van der Waals surface area contributed by atoms with E-state index in [0.717, 1.165) is 42.3 Å². The molecule has 2 aliphatic rings. The molecule has 2 fully saturated rings. The summed E-state index contributed by atoms with van der Waals surface area (Å²) < 4.78 is 15.8. The second-order valence-corrected chi connectivity index (χ2v) is 7.56. The van der Waals surface area contributed by atoms with Gasteiger partial charge in [-0.2, -0.15) is 5.10 Å². The van der Waals surface area contributed by atoms with Gasteiger partial charge < -0.3 is 0 Å². The lowest BCUT2D eigenvalue weighted by atomic mass is 10.0. The molecule has 134 valence electrons. The van der Waals surface area contributed by atoms with E-state index in [-0.39, 0.29) is 5.82 Å². The van der Waals surface area contributed by atoms with E-state index in [1.165, 1.54) is 38.4 Å². The van der Waals surface area contributed by atoms with Crippen LogP contribution in [0.2, 0.25) is 0 Å². The van der Waals surface area contributed by atoms with Gasteiger partial charge in [0.05, 0.1) is 11.4 Å². The fourth-order valence-electron chi connectivity index (χ4n) is 4.19. The molecule has 25 heavy (non-hydrogen) atoms. The van der Waals surface area contributed by atoms with Gasteiger partial charge in [-0.05, 0) is 69.6 Å². The molecule has 1 aromatic carbocycles. The SMILES string of the molecule is Cc1cc(C)n(-c2ccc(F)cc2CN2CC(N3CCCCC3)C2)n1. The van der Waals surface area contributed by atoms with Crippen molar-refractivity contribution in [2.45, 2.75) is 45.7 Å². The Morgan fingerprint density at radius 1 is 1.08 bits per heavy atom. The number of likely N-dealkylation sites (tertiary alicyclic amines) is 2. The molecule has 0 atom stereocenters. The maximum Gasteiger partial charge on any atom is 0.123 e. The van der Waals surface area contributed by atoms with Crippen LogP contribution in [-0.4, -0.2) is 51.8 Å². The third-order valence-corrected chi connectivity index (χ3v) is 5.52. The van der Waals surface area contributed by atoms with Crippen LogP contribution in [-0.2, 0) is 6.54 Å². The van der Waals surface area contributed by atoms with Gasteiger partial charge in [-0.3, -0.25) is 9.80 Å². The highest BCUT2D eigenvalue weighted by Gasteiger charge is 2.32. The van der Waals surface area contributed by atoms with E-state index in [1.54, 1.807) is 6.07 Å². The third kappa shape index (κ3) is 3.48. The molecule has 0 radical (unpaired) electrons. The van der Waals surface area contributed by atoms with Gasteiger partial charge in [-0.1, -0.05) is 6.42 Å². The predicted molar refractivity (Wildman–Crippen MR) is 97.5 cm³/mol. The molecular formula is C20H27FN4. The second kappa shape index (κ2) is 6.89. The smallest absolute Gasteiger partial charge is 0.123 e. The summed E-state index contributed by atoms with van der Waals surface area (Å²) in [6.45, 7) is 9.50. The summed E-state index contributed by atoms with van der Waals surface area (Å²) in [5.41, 5.74) is 4.08. The van der Waals surface area contributed by atoms with Crippen LogP contribution < -0.4 is 0 Å². The quantitative estimate of drug-likeness (QED) is 0.852. The molecule has 5 heteroatoms. The number of halogens is 1. The second-order valence-electron chi connectivity index (χ2n) is 7.56. The first-order valence-electron chi connectivity index (χ1n) is 9.38. The number of piperidine rings is 1. The first-order valence-corrected chi connectivity index (χ1v) is 9.38. The highest BCUT2D eigenvalue weighted by molar-refractivity contribution is 5.42. The molecule has 3 heterocycles. The van der Waals surface area contributed by atoms with Crippen molar-refractivity contribution in [3.63, 3.8) is 0 Å². The molecule has 0 saturated carbocycles. The number of nitrogens with zero attached hydrogens (tertiary/aromatic N) is 4. The Morgan fingerprint density at radius 3 is 2.52 bits per heavy atom. The van der Waals surface area contributed by atoms with Crippen molar-refractivity contribution < 1.29 is 4.39 Å². The Morgan fingerprint density at radius 2 is 1.84 bits per heavy atom. The van der Waals surface area contributed by atoms with Crippen LogP contribution in [0.1, 0.15) is 36.2 Å². The Bertz CT molecular complexity index is 742. The number of aromatic nitrogens is 2. The first-order chi connectivity index (χ1) is 12.1. The summed E-state index contributed by atoms with van der Waals surface area (Å²) in [5, 5.41) is 4.58. The monoisotopic (exact) mass is 342 g/mol. The third-order valence-electron chi connectivity index (χ3n) is 5.52. The lowest BCUT2D eigenvalue weighted by molar-refractivity contribution is 0.0185. The molecule has 1 aromatic heterocycles. The highest BCUT2D eigenvalue weighted by atomic mass is 19.1. The number of benzene rings is 1. The lowest BCUT2D eigenvalue weighted by Crippen LogP contribution is -2.59. The van der Waals surface area contributed by atoms with Gasteiger partial charge in [0.2, 0.25) is 0 Å². The summed E-state index contributed by atoms with van der Waals surface area (Å²) in [6.07, 6.45) is 4.05. The zero-order valence-electron chi connectivity index (χ0n) is 15.2. The molecule has 2 aromatic rings. The first kappa shape index (κ1) is 16.7. The van der Waals surface area contributed by atoms with Gasteiger partial charge in [0, 0.05) is 31.4 Å². The minimum absolute atomic E-state index is 0.173. The summed E-state index contributed by atoms with van der Waals surface area (Å²) in [6, 6.07) is 7.79. The van der Waals surface area contributed by atoms with Crippen LogP contribution in [0, 0.1) is 19.7 Å². The normalized spacial score (nSPS) is 20.0. The van der Waals surface area contributed by atoms with Gasteiger partial charge in [0.15, 0.2) is 0 Å². The highest BCUT2D eigenvalue weighted by Crippen LogP contribution is 2.25. The summed E-state index contributed by atoms with van der Waals surface area (Å²) in [5.74, 6) is -0.173. The number of hydrogen-bond acceptors (Lipinski definition) is 3. The van der Waals surface area contributed by atoms with Crippen LogP contribution in [0.5, 0.6) is 0 Å². The average Bonchev–Trinajstić information content (AvgIpc) is 2.90. The molecule has 2 aliphatic heterocycles.